The van der Waals surface area contributed by atoms with Crippen molar-refractivity contribution in [1.29, 1.82) is 0 Å². The van der Waals surface area contributed by atoms with Gasteiger partial charge >= 0.3 is 0 Å². The molecule has 1 aromatic heterocycles. The Morgan fingerprint density at radius 1 is 1.22 bits per heavy atom. The molecule has 0 radical (unpaired) electrons. The second-order valence-electron chi connectivity index (χ2n) is 7.17. The quantitative estimate of drug-likeness (QED) is 0.855. The number of aliphatic hydroxyl groups excluding tert-OH is 2. The third-order valence-corrected chi connectivity index (χ3v) is 6.80. The van der Waals surface area contributed by atoms with E-state index in [2.05, 4.69) is 4.90 Å². The monoisotopic (exact) mass is 338 g/mol. The van der Waals surface area contributed by atoms with Gasteiger partial charge in [-0.05, 0) is 44.9 Å². The van der Waals surface area contributed by atoms with Crippen molar-refractivity contribution in [3.63, 3.8) is 0 Å². The number of thiazole rings is 1. The maximum atomic E-state index is 10.3. The predicted octanol–water partition coefficient (Wildman–Crippen LogP) is 1.50. The summed E-state index contributed by atoms with van der Waals surface area (Å²) in [6.45, 7) is 3.26. The Hall–Kier alpha value is -0.530. The molecular weight excluding hydrogens is 312 g/mol. The molecule has 0 amide bonds. The van der Waals surface area contributed by atoms with Crippen LogP contribution in [0.2, 0.25) is 0 Å². The number of ether oxygens (including phenoxy) is 1. The van der Waals surface area contributed by atoms with Crippen LogP contribution in [0.4, 0.5) is 0 Å². The maximum Gasteiger partial charge on any atom is 0.109 e. The summed E-state index contributed by atoms with van der Waals surface area (Å²) >= 11 is 1.88. The van der Waals surface area contributed by atoms with Crippen LogP contribution in [0.1, 0.15) is 47.7 Å². The van der Waals surface area contributed by atoms with Gasteiger partial charge in [-0.25, -0.2) is 4.98 Å². The first-order valence-corrected chi connectivity index (χ1v) is 9.68. The zero-order valence-corrected chi connectivity index (χ0v) is 14.4. The van der Waals surface area contributed by atoms with Gasteiger partial charge in [0.05, 0.1) is 30.6 Å². The standard InChI is InChI=1S/C17H26N2O3S/c20-13-5-10-22-17(16(13)21)6-8-19(9-7-17)11-15-18-12-3-1-2-4-14(12)23-15/h13,16,20-21H,1-11H2/t13-,16-/m0/s1. The van der Waals surface area contributed by atoms with Crippen molar-refractivity contribution in [1.82, 2.24) is 9.88 Å². The van der Waals surface area contributed by atoms with Crippen LogP contribution in [-0.4, -0.2) is 57.6 Å². The Kier molecular flexibility index (Phi) is 4.45. The first kappa shape index (κ1) is 16.0. The molecule has 23 heavy (non-hydrogen) atoms. The molecule has 6 heteroatoms. The van der Waals surface area contributed by atoms with Crippen LogP contribution in [0.3, 0.4) is 0 Å². The summed E-state index contributed by atoms with van der Waals surface area (Å²) in [6.07, 6.45) is 5.66. The zero-order valence-electron chi connectivity index (χ0n) is 13.5. The molecule has 2 fully saturated rings. The Morgan fingerprint density at radius 3 is 2.78 bits per heavy atom. The molecule has 0 bridgehead atoms. The molecule has 2 saturated heterocycles. The van der Waals surface area contributed by atoms with Gasteiger partial charge in [0.1, 0.15) is 11.1 Å². The van der Waals surface area contributed by atoms with Gasteiger partial charge in [-0.2, -0.15) is 0 Å². The molecule has 128 valence electrons. The molecular formula is C17H26N2O3S. The average molecular weight is 338 g/mol. The predicted molar refractivity (Wildman–Crippen MR) is 88.6 cm³/mol. The number of aromatic nitrogens is 1. The summed E-state index contributed by atoms with van der Waals surface area (Å²) < 4.78 is 5.90. The van der Waals surface area contributed by atoms with Crippen molar-refractivity contribution < 1.29 is 14.9 Å². The van der Waals surface area contributed by atoms with Crippen LogP contribution in [0.25, 0.3) is 0 Å². The molecule has 3 aliphatic rings. The van der Waals surface area contributed by atoms with E-state index in [0.29, 0.717) is 13.0 Å². The van der Waals surface area contributed by atoms with E-state index in [1.807, 2.05) is 11.3 Å². The summed E-state index contributed by atoms with van der Waals surface area (Å²) in [5.41, 5.74) is 0.801. The second-order valence-corrected chi connectivity index (χ2v) is 8.34. The summed E-state index contributed by atoms with van der Waals surface area (Å²) in [5, 5.41) is 21.5. The highest BCUT2D eigenvalue weighted by Gasteiger charge is 2.47. The summed E-state index contributed by atoms with van der Waals surface area (Å²) in [7, 11) is 0. The number of aryl methyl sites for hydroxylation is 2. The first-order valence-electron chi connectivity index (χ1n) is 8.86. The Balaban J connectivity index is 1.37. The van der Waals surface area contributed by atoms with E-state index in [0.717, 1.165) is 38.9 Å². The minimum atomic E-state index is -0.745. The topological polar surface area (TPSA) is 65.8 Å². The molecule has 1 spiro atoms. The zero-order chi connectivity index (χ0) is 15.9. The molecule has 2 N–H and O–H groups in total. The van der Waals surface area contributed by atoms with E-state index in [-0.39, 0.29) is 0 Å². The smallest absolute Gasteiger partial charge is 0.109 e. The van der Waals surface area contributed by atoms with E-state index in [9.17, 15) is 10.2 Å². The number of piperidine rings is 1. The number of nitrogens with zero attached hydrogens (tertiary/aromatic N) is 2. The van der Waals surface area contributed by atoms with Crippen molar-refractivity contribution in [2.75, 3.05) is 19.7 Å². The average Bonchev–Trinajstić information content (AvgIpc) is 2.97. The fourth-order valence-electron chi connectivity index (χ4n) is 4.17. The van der Waals surface area contributed by atoms with Crippen molar-refractivity contribution >= 4 is 11.3 Å². The largest absolute Gasteiger partial charge is 0.390 e. The molecule has 0 saturated carbocycles. The maximum absolute atomic E-state index is 10.3. The molecule has 1 aromatic rings. The van der Waals surface area contributed by atoms with E-state index < -0.39 is 17.8 Å². The van der Waals surface area contributed by atoms with Crippen LogP contribution < -0.4 is 0 Å². The Bertz CT molecular complexity index is 531. The lowest BCUT2D eigenvalue weighted by Gasteiger charge is -2.48. The van der Waals surface area contributed by atoms with Gasteiger partial charge in [-0.3, -0.25) is 4.90 Å². The van der Waals surface area contributed by atoms with E-state index in [4.69, 9.17) is 9.72 Å². The highest BCUT2D eigenvalue weighted by atomic mass is 32.1. The van der Waals surface area contributed by atoms with Gasteiger partial charge < -0.3 is 14.9 Å². The van der Waals surface area contributed by atoms with Gasteiger partial charge in [0.15, 0.2) is 0 Å². The van der Waals surface area contributed by atoms with E-state index in [1.54, 1.807) is 0 Å². The number of likely N-dealkylation sites (tertiary alicyclic amines) is 1. The van der Waals surface area contributed by atoms with Crippen molar-refractivity contribution in [2.45, 2.75) is 69.3 Å². The highest BCUT2D eigenvalue weighted by molar-refractivity contribution is 7.11. The van der Waals surface area contributed by atoms with Crippen LogP contribution in [0.5, 0.6) is 0 Å². The lowest BCUT2D eigenvalue weighted by Crippen LogP contribution is -2.59. The Morgan fingerprint density at radius 2 is 2.00 bits per heavy atom. The van der Waals surface area contributed by atoms with Crippen molar-refractivity contribution in [3.8, 4) is 0 Å². The van der Waals surface area contributed by atoms with E-state index in [1.165, 1.54) is 34.8 Å². The van der Waals surface area contributed by atoms with Crippen LogP contribution in [0, 0.1) is 0 Å². The third kappa shape index (κ3) is 3.07. The first-order chi connectivity index (χ1) is 11.2. The summed E-state index contributed by atoms with van der Waals surface area (Å²) in [5.74, 6) is 0. The van der Waals surface area contributed by atoms with E-state index >= 15 is 0 Å². The van der Waals surface area contributed by atoms with Crippen LogP contribution in [0.15, 0.2) is 0 Å². The van der Waals surface area contributed by atoms with Gasteiger partial charge in [0.25, 0.3) is 0 Å². The fourth-order valence-corrected chi connectivity index (χ4v) is 5.37. The molecule has 0 unspecified atom stereocenters. The third-order valence-electron chi connectivity index (χ3n) is 5.66. The van der Waals surface area contributed by atoms with Gasteiger partial charge in [0.2, 0.25) is 0 Å². The highest BCUT2D eigenvalue weighted by Crippen LogP contribution is 2.36. The fraction of sp³-hybridized carbons (Fsp3) is 0.824. The van der Waals surface area contributed by atoms with Gasteiger partial charge in [-0.15, -0.1) is 11.3 Å². The Labute approximate surface area is 141 Å². The van der Waals surface area contributed by atoms with Crippen LogP contribution >= 0.6 is 11.3 Å². The summed E-state index contributed by atoms with van der Waals surface area (Å²) in [4.78, 5) is 8.74. The lowest BCUT2D eigenvalue weighted by molar-refractivity contribution is -0.214. The van der Waals surface area contributed by atoms with Gasteiger partial charge in [-0.1, -0.05) is 0 Å². The van der Waals surface area contributed by atoms with Crippen LogP contribution in [-0.2, 0) is 24.1 Å². The molecule has 2 atom stereocenters. The minimum Gasteiger partial charge on any atom is -0.390 e. The summed E-state index contributed by atoms with van der Waals surface area (Å²) in [6, 6.07) is 0. The lowest BCUT2D eigenvalue weighted by atomic mass is 9.80. The SMILES string of the molecule is O[C@H]1CCOC2(CCN(Cc3nc4c(s3)CCCC4)CC2)[C@H]1O. The number of fused-ring (bicyclic) bond motifs is 1. The van der Waals surface area contributed by atoms with Gasteiger partial charge in [0, 0.05) is 18.0 Å². The second kappa shape index (κ2) is 6.41. The molecule has 1 aliphatic carbocycles. The molecule has 3 heterocycles. The minimum absolute atomic E-state index is 0.531. The molecule has 5 nitrogen and oxygen atoms in total. The van der Waals surface area contributed by atoms with Crippen molar-refractivity contribution in [2.24, 2.45) is 0 Å². The molecule has 2 aliphatic heterocycles. The molecule has 4 rings (SSSR count). The number of hydrogen-bond acceptors (Lipinski definition) is 6. The van der Waals surface area contributed by atoms with Crippen molar-refractivity contribution in [3.05, 3.63) is 15.6 Å². The molecule has 0 aromatic carbocycles. The number of hydrogen-bond donors (Lipinski definition) is 2. The number of aliphatic hydroxyl groups is 2. The number of rotatable bonds is 2. The normalized spacial score (nSPS) is 31.2.